The summed E-state index contributed by atoms with van der Waals surface area (Å²) in [6.07, 6.45) is 1.64. The van der Waals surface area contributed by atoms with Gasteiger partial charge in [-0.25, -0.2) is 0 Å². The van der Waals surface area contributed by atoms with Crippen molar-refractivity contribution in [3.05, 3.63) is 23.8 Å². The summed E-state index contributed by atoms with van der Waals surface area (Å²) in [6.45, 7) is 5.88. The first kappa shape index (κ1) is 17.3. The molecule has 6 nitrogen and oxygen atoms in total. The number of nitrogens with two attached hydrogens (primary N) is 1. The summed E-state index contributed by atoms with van der Waals surface area (Å²) in [6, 6.07) is 5.54. The molecule has 2 rings (SSSR count). The van der Waals surface area contributed by atoms with E-state index >= 15 is 0 Å². The van der Waals surface area contributed by atoms with Crippen molar-refractivity contribution in [2.45, 2.75) is 45.7 Å². The average Bonchev–Trinajstić information content (AvgIpc) is 2.56. The van der Waals surface area contributed by atoms with Crippen molar-refractivity contribution in [2.24, 2.45) is 5.73 Å². The molecule has 3 N–H and O–H groups in total. The van der Waals surface area contributed by atoms with E-state index in [1.807, 2.05) is 39.0 Å². The van der Waals surface area contributed by atoms with E-state index in [0.29, 0.717) is 11.4 Å². The Morgan fingerprint density at radius 3 is 2.78 bits per heavy atom. The predicted molar refractivity (Wildman–Crippen MR) is 89.4 cm³/mol. The number of hydrogen-bond acceptors (Lipinski definition) is 4. The molecule has 23 heavy (non-hydrogen) atoms. The van der Waals surface area contributed by atoms with E-state index in [1.54, 1.807) is 0 Å². The van der Waals surface area contributed by atoms with Crippen LogP contribution in [0.3, 0.4) is 0 Å². The monoisotopic (exact) mass is 319 g/mol. The molecule has 0 aliphatic carbocycles. The van der Waals surface area contributed by atoms with E-state index in [2.05, 4.69) is 5.32 Å². The maximum absolute atomic E-state index is 12.2. The van der Waals surface area contributed by atoms with E-state index in [0.717, 1.165) is 18.4 Å². The first-order chi connectivity index (χ1) is 11.0. The highest BCUT2D eigenvalue weighted by Crippen LogP contribution is 2.34. The first-order valence-electron chi connectivity index (χ1n) is 8.08. The molecule has 0 fully saturated rings. The second-order valence-electron chi connectivity index (χ2n) is 5.89. The summed E-state index contributed by atoms with van der Waals surface area (Å²) in [5.74, 6) is 0.206. The van der Waals surface area contributed by atoms with Crippen LogP contribution in [-0.2, 0) is 9.59 Å². The number of anilines is 1. The van der Waals surface area contributed by atoms with Crippen LogP contribution in [-0.4, -0.2) is 31.0 Å². The minimum absolute atomic E-state index is 0.00957. The number of carbonyl (C=O) groups is 2. The van der Waals surface area contributed by atoms with E-state index in [9.17, 15) is 9.59 Å². The minimum atomic E-state index is -0.223. The van der Waals surface area contributed by atoms with Gasteiger partial charge in [-0.2, -0.15) is 0 Å². The third-order valence-electron chi connectivity index (χ3n) is 4.12. The van der Waals surface area contributed by atoms with Gasteiger partial charge in [0.05, 0.1) is 5.69 Å². The van der Waals surface area contributed by atoms with Gasteiger partial charge in [-0.05, 0) is 37.5 Å². The molecule has 2 unspecified atom stereocenters. The van der Waals surface area contributed by atoms with Gasteiger partial charge in [-0.3, -0.25) is 14.5 Å². The smallest absolute Gasteiger partial charge is 0.265 e. The Kier molecular flexibility index (Phi) is 5.60. The van der Waals surface area contributed by atoms with Crippen molar-refractivity contribution >= 4 is 17.5 Å². The Bertz CT molecular complexity index is 588. The molecule has 1 aromatic carbocycles. The van der Waals surface area contributed by atoms with Gasteiger partial charge >= 0.3 is 0 Å². The third kappa shape index (κ3) is 4.01. The lowest BCUT2D eigenvalue weighted by Gasteiger charge is -2.30. The molecule has 1 aliphatic heterocycles. The van der Waals surface area contributed by atoms with Crippen molar-refractivity contribution in [2.75, 3.05) is 18.1 Å². The molecular formula is C17H25N3O3. The Morgan fingerprint density at radius 1 is 1.39 bits per heavy atom. The zero-order valence-corrected chi connectivity index (χ0v) is 14.0. The van der Waals surface area contributed by atoms with Gasteiger partial charge in [-0.1, -0.05) is 19.9 Å². The van der Waals surface area contributed by atoms with E-state index in [4.69, 9.17) is 10.5 Å². The topological polar surface area (TPSA) is 84.7 Å². The van der Waals surface area contributed by atoms with Gasteiger partial charge in [0, 0.05) is 12.1 Å². The fourth-order valence-electron chi connectivity index (χ4n) is 2.42. The van der Waals surface area contributed by atoms with Crippen molar-refractivity contribution < 1.29 is 14.3 Å². The van der Waals surface area contributed by atoms with Gasteiger partial charge in [0.2, 0.25) is 5.91 Å². The minimum Gasteiger partial charge on any atom is -0.482 e. The normalized spacial score (nSPS) is 16.3. The van der Waals surface area contributed by atoms with E-state index < -0.39 is 0 Å². The highest BCUT2D eigenvalue weighted by molar-refractivity contribution is 6.02. The van der Waals surface area contributed by atoms with Crippen LogP contribution in [0.5, 0.6) is 5.75 Å². The number of fused-ring (bicyclic) bond motifs is 1. The fraction of sp³-hybridized carbons (Fsp3) is 0.529. The van der Waals surface area contributed by atoms with Crippen LogP contribution in [0.4, 0.5) is 5.69 Å². The van der Waals surface area contributed by atoms with Crippen LogP contribution >= 0.6 is 0 Å². The number of nitrogens with zero attached hydrogens (tertiary/aromatic N) is 1. The Morgan fingerprint density at radius 2 is 2.13 bits per heavy atom. The third-order valence-corrected chi connectivity index (χ3v) is 4.12. The van der Waals surface area contributed by atoms with Crippen molar-refractivity contribution in [3.8, 4) is 5.75 Å². The molecule has 0 saturated heterocycles. The number of hydrogen-bond donors (Lipinski definition) is 2. The van der Waals surface area contributed by atoms with Crippen LogP contribution in [0, 0.1) is 0 Å². The zero-order valence-electron chi connectivity index (χ0n) is 14.0. The molecular weight excluding hydrogens is 294 g/mol. The van der Waals surface area contributed by atoms with Gasteiger partial charge in [0.15, 0.2) is 6.61 Å². The lowest BCUT2D eigenvalue weighted by molar-refractivity contribution is -0.125. The van der Waals surface area contributed by atoms with Crippen molar-refractivity contribution in [1.29, 1.82) is 0 Å². The quantitative estimate of drug-likeness (QED) is 0.836. The maximum atomic E-state index is 12.2. The average molecular weight is 319 g/mol. The molecule has 0 bridgehead atoms. The number of rotatable bonds is 6. The zero-order chi connectivity index (χ0) is 17.0. The lowest BCUT2D eigenvalue weighted by Crippen LogP contribution is -2.46. The maximum Gasteiger partial charge on any atom is 0.265 e. The number of ether oxygens (including phenoxy) is 1. The number of nitrogens with one attached hydrogen (secondary N) is 1. The first-order valence-corrected chi connectivity index (χ1v) is 8.08. The number of carbonyl (C=O) groups excluding carboxylic acids is 2. The molecule has 1 aliphatic rings. The lowest BCUT2D eigenvalue weighted by atomic mass is 10.0. The standard InChI is InChI=1S/C17H25N3O3/c1-4-11(3)19-16(21)9-20-14-8-12(13(18)5-2)6-7-15(14)23-10-17(20)22/h6-8,11,13H,4-5,9-10,18H2,1-3H3,(H,19,21). The van der Waals surface area contributed by atoms with Gasteiger partial charge in [0.25, 0.3) is 5.91 Å². The number of benzene rings is 1. The molecule has 126 valence electrons. The van der Waals surface area contributed by atoms with Crippen LogP contribution < -0.4 is 20.7 Å². The van der Waals surface area contributed by atoms with Crippen LogP contribution in [0.2, 0.25) is 0 Å². The molecule has 0 aromatic heterocycles. The summed E-state index contributed by atoms with van der Waals surface area (Å²) in [5.41, 5.74) is 7.61. The fourth-order valence-corrected chi connectivity index (χ4v) is 2.42. The largest absolute Gasteiger partial charge is 0.482 e. The van der Waals surface area contributed by atoms with Crippen LogP contribution in [0.15, 0.2) is 18.2 Å². The summed E-state index contributed by atoms with van der Waals surface area (Å²) >= 11 is 0. The molecule has 1 heterocycles. The van der Waals surface area contributed by atoms with Crippen molar-refractivity contribution in [3.63, 3.8) is 0 Å². The Balaban J connectivity index is 2.24. The van der Waals surface area contributed by atoms with Crippen LogP contribution in [0.25, 0.3) is 0 Å². The summed E-state index contributed by atoms with van der Waals surface area (Å²) in [4.78, 5) is 25.8. The molecule has 0 saturated carbocycles. The Hall–Kier alpha value is -2.08. The molecule has 0 radical (unpaired) electrons. The summed E-state index contributed by atoms with van der Waals surface area (Å²) in [5, 5.41) is 2.88. The Labute approximate surface area is 137 Å². The van der Waals surface area contributed by atoms with Crippen molar-refractivity contribution in [1.82, 2.24) is 5.32 Å². The highest BCUT2D eigenvalue weighted by atomic mass is 16.5. The molecule has 6 heteroatoms. The second kappa shape index (κ2) is 7.46. The number of amides is 2. The molecule has 2 amide bonds. The summed E-state index contributed by atoms with van der Waals surface area (Å²) in [7, 11) is 0. The van der Waals surface area contributed by atoms with Gasteiger partial charge in [0.1, 0.15) is 12.3 Å². The van der Waals surface area contributed by atoms with Crippen LogP contribution in [0.1, 0.15) is 45.2 Å². The predicted octanol–water partition coefficient (Wildman–Crippen LogP) is 1.74. The summed E-state index contributed by atoms with van der Waals surface area (Å²) < 4.78 is 5.45. The van der Waals surface area contributed by atoms with E-state index in [-0.39, 0.29) is 37.0 Å². The van der Waals surface area contributed by atoms with E-state index in [1.165, 1.54) is 4.90 Å². The SMILES string of the molecule is CCC(C)NC(=O)CN1C(=O)COc2ccc(C(N)CC)cc21. The second-order valence-corrected chi connectivity index (χ2v) is 5.89. The highest BCUT2D eigenvalue weighted by Gasteiger charge is 2.28. The van der Waals surface area contributed by atoms with Gasteiger partial charge < -0.3 is 15.8 Å². The van der Waals surface area contributed by atoms with Gasteiger partial charge in [-0.15, -0.1) is 0 Å². The molecule has 0 spiro atoms. The molecule has 2 atom stereocenters. The molecule has 1 aromatic rings.